The number of nitrogens with zero attached hydrogens (tertiary/aromatic N) is 1. The predicted octanol–water partition coefficient (Wildman–Crippen LogP) is 3.35. The molecule has 0 aliphatic heterocycles. The quantitative estimate of drug-likeness (QED) is 0.832. The van der Waals surface area contributed by atoms with Crippen molar-refractivity contribution in [1.82, 2.24) is 10.2 Å². The molecule has 0 fully saturated rings. The van der Waals surface area contributed by atoms with E-state index in [4.69, 9.17) is 16.3 Å². The first-order valence-electron chi connectivity index (χ1n) is 7.55. The van der Waals surface area contributed by atoms with Crippen molar-refractivity contribution in [2.75, 3.05) is 27.2 Å². The number of nitrogens with one attached hydrogen (secondary N) is 1. The van der Waals surface area contributed by atoms with Gasteiger partial charge >= 0.3 is 0 Å². The number of likely N-dealkylation sites (N-methyl/N-ethyl adjacent to an activating group) is 1. The van der Waals surface area contributed by atoms with E-state index in [1.165, 1.54) is 18.2 Å². The average Bonchev–Trinajstić information content (AvgIpc) is 2.55. The molecule has 0 saturated heterocycles. The van der Waals surface area contributed by atoms with Crippen LogP contribution in [0.15, 0.2) is 42.5 Å². The summed E-state index contributed by atoms with van der Waals surface area (Å²) in [5.41, 5.74) is 0.830. The van der Waals surface area contributed by atoms with E-state index in [2.05, 4.69) is 5.32 Å². The first kappa shape index (κ1) is 18.2. The van der Waals surface area contributed by atoms with E-state index in [9.17, 15) is 9.18 Å². The summed E-state index contributed by atoms with van der Waals surface area (Å²) in [5.74, 6) is -0.323. The van der Waals surface area contributed by atoms with Crippen LogP contribution in [0, 0.1) is 5.82 Å². The van der Waals surface area contributed by atoms with Gasteiger partial charge in [0.2, 0.25) is 0 Å². The third kappa shape index (κ3) is 5.51. The molecule has 0 radical (unpaired) electrons. The van der Waals surface area contributed by atoms with E-state index >= 15 is 0 Å². The van der Waals surface area contributed by atoms with E-state index in [-0.39, 0.29) is 5.56 Å². The number of ether oxygens (including phenoxy) is 1. The van der Waals surface area contributed by atoms with E-state index in [1.807, 2.05) is 43.3 Å². The number of benzene rings is 2. The van der Waals surface area contributed by atoms with Gasteiger partial charge in [0.15, 0.2) is 0 Å². The van der Waals surface area contributed by atoms with Crippen molar-refractivity contribution >= 4 is 17.5 Å². The molecule has 6 heteroatoms. The molecule has 2 aromatic carbocycles. The fraction of sp³-hybridized carbons (Fsp3) is 0.278. The zero-order valence-electron chi connectivity index (χ0n) is 13.7. The third-order valence-electron chi connectivity index (χ3n) is 3.36. The molecule has 128 valence electrons. The van der Waals surface area contributed by atoms with Gasteiger partial charge in [0.25, 0.3) is 5.91 Å². The van der Waals surface area contributed by atoms with Crippen LogP contribution in [0.25, 0.3) is 0 Å². The molecule has 1 N–H and O–H groups in total. The maximum Gasteiger partial charge on any atom is 0.254 e. The summed E-state index contributed by atoms with van der Waals surface area (Å²) < 4.78 is 19.2. The van der Waals surface area contributed by atoms with Crippen LogP contribution in [-0.4, -0.2) is 38.1 Å². The van der Waals surface area contributed by atoms with Crippen LogP contribution in [0.3, 0.4) is 0 Å². The summed E-state index contributed by atoms with van der Waals surface area (Å²) in [4.78, 5) is 14.1. The van der Waals surface area contributed by atoms with Crippen molar-refractivity contribution in [2.45, 2.75) is 6.54 Å². The summed E-state index contributed by atoms with van der Waals surface area (Å²) in [5, 5.41) is 3.00. The van der Waals surface area contributed by atoms with Crippen LogP contribution >= 0.6 is 11.6 Å². The van der Waals surface area contributed by atoms with Crippen molar-refractivity contribution in [3.63, 3.8) is 0 Å². The molecule has 0 spiro atoms. The van der Waals surface area contributed by atoms with Crippen molar-refractivity contribution in [1.29, 1.82) is 0 Å². The minimum atomic E-state index is -0.596. The lowest BCUT2D eigenvalue weighted by atomic mass is 10.1. The minimum absolute atomic E-state index is 0.0638. The number of amides is 1. The van der Waals surface area contributed by atoms with Gasteiger partial charge in [-0.25, -0.2) is 4.39 Å². The monoisotopic (exact) mass is 350 g/mol. The number of carbonyl (C=O) groups excluding carboxylic acids is 1. The van der Waals surface area contributed by atoms with Crippen molar-refractivity contribution in [3.8, 4) is 5.75 Å². The largest absolute Gasteiger partial charge is 0.492 e. The molecule has 24 heavy (non-hydrogen) atoms. The second-order valence-corrected chi connectivity index (χ2v) is 6.04. The Hall–Kier alpha value is -2.11. The zero-order chi connectivity index (χ0) is 17.5. The van der Waals surface area contributed by atoms with Crippen molar-refractivity contribution < 1.29 is 13.9 Å². The van der Waals surface area contributed by atoms with Gasteiger partial charge < -0.3 is 15.0 Å². The minimum Gasteiger partial charge on any atom is -0.492 e. The van der Waals surface area contributed by atoms with Gasteiger partial charge in [-0.15, -0.1) is 0 Å². The Morgan fingerprint density at radius 3 is 2.58 bits per heavy atom. The Bertz CT molecular complexity index is 690. The lowest BCUT2D eigenvalue weighted by Crippen LogP contribution is -2.23. The highest BCUT2D eigenvalue weighted by molar-refractivity contribution is 6.31. The van der Waals surface area contributed by atoms with Crippen molar-refractivity contribution in [2.24, 2.45) is 0 Å². The molecule has 0 unspecified atom stereocenters. The van der Waals surface area contributed by atoms with Crippen LogP contribution in [-0.2, 0) is 6.54 Å². The first-order valence-corrected chi connectivity index (χ1v) is 7.93. The lowest BCUT2D eigenvalue weighted by molar-refractivity contribution is 0.0947. The molecule has 0 bridgehead atoms. The Kier molecular flexibility index (Phi) is 6.58. The van der Waals surface area contributed by atoms with Gasteiger partial charge in [0.05, 0.1) is 5.56 Å². The third-order valence-corrected chi connectivity index (χ3v) is 3.59. The SMILES string of the molecule is CN(C)CCOc1ccc(CNC(=O)c2cc(Cl)ccc2F)cc1. The van der Waals surface area contributed by atoms with Crippen LogP contribution in [0.1, 0.15) is 15.9 Å². The van der Waals surface area contributed by atoms with E-state index in [1.54, 1.807) is 0 Å². The van der Waals surface area contributed by atoms with Gasteiger partial charge in [-0.05, 0) is 50.0 Å². The Morgan fingerprint density at radius 1 is 1.21 bits per heavy atom. The number of halogens is 2. The Labute approximate surface area is 146 Å². The molecular weight excluding hydrogens is 331 g/mol. The normalized spacial score (nSPS) is 10.7. The van der Waals surface area contributed by atoms with Crippen LogP contribution in [0.4, 0.5) is 4.39 Å². The highest BCUT2D eigenvalue weighted by atomic mass is 35.5. The van der Waals surface area contributed by atoms with E-state index in [0.717, 1.165) is 17.9 Å². The molecule has 2 rings (SSSR count). The molecule has 0 heterocycles. The second-order valence-electron chi connectivity index (χ2n) is 5.60. The highest BCUT2D eigenvalue weighted by Gasteiger charge is 2.11. The molecule has 0 aliphatic rings. The summed E-state index contributed by atoms with van der Waals surface area (Å²) in [6, 6.07) is 11.3. The predicted molar refractivity (Wildman–Crippen MR) is 93.1 cm³/mol. The summed E-state index contributed by atoms with van der Waals surface area (Å²) in [6.45, 7) is 1.74. The Balaban J connectivity index is 1.87. The molecular formula is C18H20ClFN2O2. The van der Waals surface area contributed by atoms with Crippen molar-refractivity contribution in [3.05, 3.63) is 64.4 Å². The van der Waals surface area contributed by atoms with Gasteiger partial charge in [0.1, 0.15) is 18.2 Å². The number of hydrogen-bond donors (Lipinski definition) is 1. The number of carbonyl (C=O) groups is 1. The Morgan fingerprint density at radius 2 is 1.92 bits per heavy atom. The number of rotatable bonds is 7. The lowest BCUT2D eigenvalue weighted by Gasteiger charge is -2.11. The summed E-state index contributed by atoms with van der Waals surface area (Å²) in [6.07, 6.45) is 0. The zero-order valence-corrected chi connectivity index (χ0v) is 14.4. The maximum atomic E-state index is 13.6. The topological polar surface area (TPSA) is 41.6 Å². The van der Waals surface area contributed by atoms with E-state index in [0.29, 0.717) is 18.2 Å². The van der Waals surface area contributed by atoms with Gasteiger partial charge in [-0.2, -0.15) is 0 Å². The molecule has 4 nitrogen and oxygen atoms in total. The molecule has 2 aromatic rings. The maximum absolute atomic E-state index is 13.6. The first-order chi connectivity index (χ1) is 11.5. The summed E-state index contributed by atoms with van der Waals surface area (Å²) >= 11 is 5.79. The van der Waals surface area contributed by atoms with Gasteiger partial charge in [-0.1, -0.05) is 23.7 Å². The summed E-state index contributed by atoms with van der Waals surface area (Å²) in [7, 11) is 3.97. The van der Waals surface area contributed by atoms with Crippen LogP contribution < -0.4 is 10.1 Å². The van der Waals surface area contributed by atoms with Gasteiger partial charge in [0, 0.05) is 18.1 Å². The molecule has 0 aromatic heterocycles. The van der Waals surface area contributed by atoms with Crippen LogP contribution in [0.5, 0.6) is 5.75 Å². The van der Waals surface area contributed by atoms with E-state index < -0.39 is 11.7 Å². The average molecular weight is 351 g/mol. The smallest absolute Gasteiger partial charge is 0.254 e. The molecule has 0 saturated carbocycles. The van der Waals surface area contributed by atoms with Gasteiger partial charge in [-0.3, -0.25) is 4.79 Å². The fourth-order valence-corrected chi connectivity index (χ4v) is 2.17. The van der Waals surface area contributed by atoms with Crippen LogP contribution in [0.2, 0.25) is 5.02 Å². The fourth-order valence-electron chi connectivity index (χ4n) is 2.00. The second kappa shape index (κ2) is 8.66. The molecule has 0 aliphatic carbocycles. The number of hydrogen-bond acceptors (Lipinski definition) is 3. The highest BCUT2D eigenvalue weighted by Crippen LogP contribution is 2.15. The molecule has 0 atom stereocenters. The molecule has 1 amide bonds. The standard InChI is InChI=1S/C18H20ClFN2O2/c1-22(2)9-10-24-15-6-3-13(4-7-15)12-21-18(23)16-11-14(19)5-8-17(16)20/h3-8,11H,9-10,12H2,1-2H3,(H,21,23).